The number of aryl methyl sites for hydroxylation is 3. The number of aliphatic hydroxyl groups excluding tert-OH is 1. The van der Waals surface area contributed by atoms with Crippen molar-refractivity contribution in [1.29, 1.82) is 0 Å². The second-order valence-electron chi connectivity index (χ2n) is 5.44. The van der Waals surface area contributed by atoms with Gasteiger partial charge < -0.3 is 14.9 Å². The summed E-state index contributed by atoms with van der Waals surface area (Å²) < 4.78 is 5.17. The standard InChI is InChI=1S/C19H22O4/c1-23-18-13-14(9-11-17(18)19(21)22)8-10-16-6-3-2-5-15(16)7-4-12-20/h2-3,5-6,9,11,13,20H,4,7-8,10,12H2,1H3,(H,21,22). The van der Waals surface area contributed by atoms with Crippen molar-refractivity contribution in [3.05, 3.63) is 64.7 Å². The molecule has 2 aromatic rings. The van der Waals surface area contributed by atoms with Crippen LogP contribution in [0.15, 0.2) is 42.5 Å². The molecule has 0 unspecified atom stereocenters. The molecule has 4 heteroatoms. The molecule has 0 aliphatic rings. The first kappa shape index (κ1) is 17.0. The maximum absolute atomic E-state index is 11.1. The Kier molecular flexibility index (Phi) is 6.18. The summed E-state index contributed by atoms with van der Waals surface area (Å²) in [7, 11) is 1.48. The lowest BCUT2D eigenvalue weighted by Crippen LogP contribution is -2.02. The Morgan fingerprint density at radius 2 is 1.74 bits per heavy atom. The van der Waals surface area contributed by atoms with Gasteiger partial charge in [-0.15, -0.1) is 0 Å². The van der Waals surface area contributed by atoms with Crippen molar-refractivity contribution in [2.75, 3.05) is 13.7 Å². The summed E-state index contributed by atoms with van der Waals surface area (Å²) in [5, 5.41) is 18.1. The molecule has 2 aromatic carbocycles. The summed E-state index contributed by atoms with van der Waals surface area (Å²) >= 11 is 0. The number of rotatable bonds is 8. The summed E-state index contributed by atoms with van der Waals surface area (Å²) in [6, 6.07) is 13.5. The zero-order valence-electron chi connectivity index (χ0n) is 13.3. The second-order valence-corrected chi connectivity index (χ2v) is 5.44. The number of carboxylic acids is 1. The molecule has 0 saturated heterocycles. The Bertz CT molecular complexity index is 664. The van der Waals surface area contributed by atoms with Gasteiger partial charge in [0.2, 0.25) is 0 Å². The van der Waals surface area contributed by atoms with Crippen molar-refractivity contribution in [2.45, 2.75) is 25.7 Å². The summed E-state index contributed by atoms with van der Waals surface area (Å²) in [6.45, 7) is 0.197. The Balaban J connectivity index is 2.11. The summed E-state index contributed by atoms with van der Waals surface area (Å²) in [6.07, 6.45) is 3.32. The average molecular weight is 314 g/mol. The van der Waals surface area contributed by atoms with Crippen LogP contribution in [-0.4, -0.2) is 29.9 Å². The van der Waals surface area contributed by atoms with Gasteiger partial charge in [0.1, 0.15) is 11.3 Å². The Morgan fingerprint density at radius 1 is 1.04 bits per heavy atom. The quantitative estimate of drug-likeness (QED) is 0.785. The van der Waals surface area contributed by atoms with Gasteiger partial charge in [0.05, 0.1) is 7.11 Å². The number of hydrogen-bond donors (Lipinski definition) is 2. The van der Waals surface area contributed by atoms with Gasteiger partial charge in [-0.1, -0.05) is 30.3 Å². The van der Waals surface area contributed by atoms with Crippen molar-refractivity contribution in [3.8, 4) is 5.75 Å². The number of carboxylic acid groups (broad SMARTS) is 1. The molecule has 4 nitrogen and oxygen atoms in total. The molecule has 0 saturated carbocycles. The third kappa shape index (κ3) is 4.57. The van der Waals surface area contributed by atoms with Crippen molar-refractivity contribution in [1.82, 2.24) is 0 Å². The van der Waals surface area contributed by atoms with Gasteiger partial charge >= 0.3 is 5.97 Å². The van der Waals surface area contributed by atoms with E-state index < -0.39 is 5.97 Å². The highest BCUT2D eigenvalue weighted by atomic mass is 16.5. The predicted octanol–water partition coefficient (Wildman–Crippen LogP) is 3.10. The van der Waals surface area contributed by atoms with Crippen LogP contribution in [0.25, 0.3) is 0 Å². The maximum atomic E-state index is 11.1. The number of ether oxygens (including phenoxy) is 1. The second kappa shape index (κ2) is 8.34. The fourth-order valence-corrected chi connectivity index (χ4v) is 2.66. The van der Waals surface area contributed by atoms with Crippen molar-refractivity contribution in [3.63, 3.8) is 0 Å². The first-order chi connectivity index (χ1) is 11.2. The molecule has 0 aromatic heterocycles. The molecule has 0 fully saturated rings. The molecule has 122 valence electrons. The lowest BCUT2D eigenvalue weighted by atomic mass is 9.96. The third-order valence-electron chi connectivity index (χ3n) is 3.90. The van der Waals surface area contributed by atoms with E-state index in [0.717, 1.165) is 31.2 Å². The number of aromatic carboxylic acids is 1. The van der Waals surface area contributed by atoms with Gasteiger partial charge in [0.25, 0.3) is 0 Å². The molecule has 0 atom stereocenters. The largest absolute Gasteiger partial charge is 0.496 e. The first-order valence-corrected chi connectivity index (χ1v) is 7.73. The molecule has 0 radical (unpaired) electrons. The zero-order chi connectivity index (χ0) is 16.7. The van der Waals surface area contributed by atoms with E-state index in [2.05, 4.69) is 12.1 Å². The van der Waals surface area contributed by atoms with Gasteiger partial charge in [0, 0.05) is 6.61 Å². The topological polar surface area (TPSA) is 66.8 Å². The first-order valence-electron chi connectivity index (χ1n) is 7.73. The van der Waals surface area contributed by atoms with E-state index in [1.165, 1.54) is 18.2 Å². The molecular weight excluding hydrogens is 292 g/mol. The van der Waals surface area contributed by atoms with E-state index in [0.29, 0.717) is 5.75 Å². The van der Waals surface area contributed by atoms with E-state index in [-0.39, 0.29) is 12.2 Å². The Hall–Kier alpha value is -2.33. The fraction of sp³-hybridized carbons (Fsp3) is 0.316. The average Bonchev–Trinajstić information content (AvgIpc) is 2.58. The summed E-state index contributed by atoms with van der Waals surface area (Å²) in [4.78, 5) is 11.1. The minimum Gasteiger partial charge on any atom is -0.496 e. The van der Waals surface area contributed by atoms with Crippen LogP contribution in [0.5, 0.6) is 5.75 Å². The van der Waals surface area contributed by atoms with E-state index >= 15 is 0 Å². The Morgan fingerprint density at radius 3 is 2.35 bits per heavy atom. The number of hydrogen-bond acceptors (Lipinski definition) is 3. The van der Waals surface area contributed by atoms with Crippen LogP contribution in [0.2, 0.25) is 0 Å². The Labute approximate surface area is 136 Å². The van der Waals surface area contributed by atoms with Crippen molar-refractivity contribution < 1.29 is 19.7 Å². The number of aliphatic hydroxyl groups is 1. The monoisotopic (exact) mass is 314 g/mol. The fourth-order valence-electron chi connectivity index (χ4n) is 2.66. The smallest absolute Gasteiger partial charge is 0.339 e. The number of methoxy groups -OCH3 is 1. The summed E-state index contributed by atoms with van der Waals surface area (Å²) in [5.41, 5.74) is 3.75. The normalized spacial score (nSPS) is 10.5. The van der Waals surface area contributed by atoms with Crippen LogP contribution in [-0.2, 0) is 19.3 Å². The molecule has 0 amide bonds. The lowest BCUT2D eigenvalue weighted by molar-refractivity contribution is 0.0693. The molecule has 0 aliphatic carbocycles. The van der Waals surface area contributed by atoms with Crippen molar-refractivity contribution >= 4 is 5.97 Å². The van der Waals surface area contributed by atoms with E-state index in [1.807, 2.05) is 18.2 Å². The van der Waals surface area contributed by atoms with Crippen LogP contribution in [0.4, 0.5) is 0 Å². The van der Waals surface area contributed by atoms with Gasteiger partial charge in [0.15, 0.2) is 0 Å². The molecule has 2 rings (SSSR count). The van der Waals surface area contributed by atoms with Crippen LogP contribution in [0, 0.1) is 0 Å². The molecule has 23 heavy (non-hydrogen) atoms. The lowest BCUT2D eigenvalue weighted by Gasteiger charge is -2.11. The van der Waals surface area contributed by atoms with Gasteiger partial charge in [-0.2, -0.15) is 0 Å². The zero-order valence-corrected chi connectivity index (χ0v) is 13.3. The predicted molar refractivity (Wildman–Crippen MR) is 89.2 cm³/mol. The van der Waals surface area contributed by atoms with E-state index in [1.54, 1.807) is 12.1 Å². The minimum absolute atomic E-state index is 0.180. The van der Waals surface area contributed by atoms with Gasteiger partial charge in [-0.05, 0) is 54.5 Å². The molecule has 0 bridgehead atoms. The van der Waals surface area contributed by atoms with Crippen LogP contribution in [0.3, 0.4) is 0 Å². The van der Waals surface area contributed by atoms with Crippen LogP contribution >= 0.6 is 0 Å². The van der Waals surface area contributed by atoms with Crippen LogP contribution < -0.4 is 4.74 Å². The summed E-state index contributed by atoms with van der Waals surface area (Å²) in [5.74, 6) is -0.591. The van der Waals surface area contributed by atoms with Gasteiger partial charge in [-0.3, -0.25) is 0 Å². The highest BCUT2D eigenvalue weighted by molar-refractivity contribution is 5.90. The van der Waals surface area contributed by atoms with Crippen molar-refractivity contribution in [2.24, 2.45) is 0 Å². The highest BCUT2D eigenvalue weighted by Crippen LogP contribution is 2.22. The highest BCUT2D eigenvalue weighted by Gasteiger charge is 2.11. The molecule has 0 aliphatic heterocycles. The van der Waals surface area contributed by atoms with Crippen LogP contribution in [0.1, 0.15) is 33.5 Å². The molecule has 0 heterocycles. The van der Waals surface area contributed by atoms with E-state index in [9.17, 15) is 4.79 Å². The molecule has 0 spiro atoms. The third-order valence-corrected chi connectivity index (χ3v) is 3.90. The maximum Gasteiger partial charge on any atom is 0.339 e. The SMILES string of the molecule is COc1cc(CCc2ccccc2CCCO)ccc1C(=O)O. The number of benzene rings is 2. The van der Waals surface area contributed by atoms with E-state index in [4.69, 9.17) is 14.9 Å². The van der Waals surface area contributed by atoms with Gasteiger partial charge in [-0.25, -0.2) is 4.79 Å². The minimum atomic E-state index is -0.984. The number of carbonyl (C=O) groups is 1. The molecule has 2 N–H and O–H groups in total. The molecular formula is C19H22O4.